The fourth-order valence-electron chi connectivity index (χ4n) is 1.51. The third kappa shape index (κ3) is 1.81. The van der Waals surface area contributed by atoms with E-state index in [1.807, 2.05) is 0 Å². The zero-order valence-electron chi connectivity index (χ0n) is 7.20. The largest absolute Gasteiger partial charge is 0.227 e. The van der Waals surface area contributed by atoms with E-state index in [1.165, 1.54) is 11.1 Å². The van der Waals surface area contributed by atoms with Crippen LogP contribution in [-0.4, -0.2) is 0 Å². The summed E-state index contributed by atoms with van der Waals surface area (Å²) < 4.78 is 0. The van der Waals surface area contributed by atoms with E-state index in [9.17, 15) is 0 Å². The molecular weight excluding hydrogens is 221 g/mol. The molecule has 0 aromatic heterocycles. The average molecular weight is 232 g/mol. The molecule has 1 aliphatic rings. The van der Waals surface area contributed by atoms with Gasteiger partial charge in [-0.2, -0.15) is 0 Å². The zero-order valence-corrected chi connectivity index (χ0v) is 10.0. The molecule has 2 rings (SSSR count). The van der Waals surface area contributed by atoms with E-state index >= 15 is 0 Å². The molecule has 0 amide bonds. The van der Waals surface area contributed by atoms with Crippen molar-refractivity contribution in [3.8, 4) is 0 Å². The normalized spacial score (nSPS) is 18.9. The fraction of sp³-hybridized carbons (Fsp3) is 0.182. The molecule has 0 bridgehead atoms. The van der Waals surface area contributed by atoms with E-state index in [0.29, 0.717) is 5.92 Å². The van der Waals surface area contributed by atoms with Gasteiger partial charge in [-0.1, -0.05) is 42.7 Å². The molecule has 0 aliphatic heterocycles. The van der Waals surface area contributed by atoms with Crippen LogP contribution in [-0.2, 0) is 32.7 Å². The molecule has 1 radical (unpaired) electrons. The van der Waals surface area contributed by atoms with Crippen molar-refractivity contribution in [1.29, 1.82) is 0 Å². The summed E-state index contributed by atoms with van der Waals surface area (Å²) in [4.78, 5) is 0. The van der Waals surface area contributed by atoms with E-state index in [2.05, 4.69) is 49.8 Å². The first-order valence-electron chi connectivity index (χ1n) is 3.98. The number of rotatable bonds is 0. The van der Waals surface area contributed by atoms with Crippen molar-refractivity contribution < 1.29 is 32.7 Å². The van der Waals surface area contributed by atoms with E-state index < -0.39 is 0 Å². The van der Waals surface area contributed by atoms with Gasteiger partial charge in [0.2, 0.25) is 0 Å². The predicted molar refractivity (Wildman–Crippen MR) is 48.2 cm³/mol. The van der Waals surface area contributed by atoms with E-state index in [4.69, 9.17) is 0 Å². The molecule has 0 nitrogen and oxygen atoms in total. The summed E-state index contributed by atoms with van der Waals surface area (Å²) in [7, 11) is 0. The molecule has 1 atom stereocenters. The number of fused-ring (bicyclic) bond motifs is 1. The first-order valence-corrected chi connectivity index (χ1v) is 3.98. The molecule has 0 saturated carbocycles. The standard InChI is InChI=1S/C11H11.Y/c1-9-5-4-7-10-6-2-3-8-11(9)10;/h2-9H,1H3;/q-1;. The molecule has 0 fully saturated rings. The Balaban J connectivity index is 0.000000720. The topological polar surface area (TPSA) is 0 Å². The van der Waals surface area contributed by atoms with Gasteiger partial charge in [0.15, 0.2) is 0 Å². The van der Waals surface area contributed by atoms with Crippen LogP contribution in [0.3, 0.4) is 0 Å². The minimum Gasteiger partial charge on any atom is -0.227 e. The number of hydrogen-bond donors (Lipinski definition) is 0. The van der Waals surface area contributed by atoms with E-state index in [1.54, 1.807) is 0 Å². The Morgan fingerprint density at radius 1 is 1.25 bits per heavy atom. The molecule has 1 aromatic carbocycles. The molecule has 12 heavy (non-hydrogen) atoms. The second kappa shape index (κ2) is 4.25. The minimum atomic E-state index is 0. The van der Waals surface area contributed by atoms with Gasteiger partial charge in [-0.05, 0) is 0 Å². The fourth-order valence-corrected chi connectivity index (χ4v) is 1.51. The summed E-state index contributed by atoms with van der Waals surface area (Å²) in [6.07, 6.45) is 6.52. The van der Waals surface area contributed by atoms with Crippen molar-refractivity contribution in [1.82, 2.24) is 0 Å². The summed E-state index contributed by atoms with van der Waals surface area (Å²) in [5, 5.41) is 0. The van der Waals surface area contributed by atoms with Gasteiger partial charge in [-0.25, -0.2) is 18.6 Å². The maximum atomic E-state index is 2.22. The third-order valence-electron chi connectivity index (χ3n) is 2.16. The molecule has 1 unspecified atom stereocenters. The zero-order chi connectivity index (χ0) is 7.68. The summed E-state index contributed by atoms with van der Waals surface area (Å²) in [5.74, 6) is 0.580. The Morgan fingerprint density at radius 2 is 2.00 bits per heavy atom. The molecule has 1 aromatic rings. The summed E-state index contributed by atoms with van der Waals surface area (Å²) in [5.41, 5.74) is 2.80. The summed E-state index contributed by atoms with van der Waals surface area (Å²) in [6.45, 7) is 2.22. The molecule has 0 saturated heterocycles. The van der Waals surface area contributed by atoms with Gasteiger partial charge in [-0.3, -0.25) is 0 Å². The maximum absolute atomic E-state index is 2.22. The van der Waals surface area contributed by atoms with Gasteiger partial charge >= 0.3 is 0 Å². The van der Waals surface area contributed by atoms with Crippen LogP contribution < -0.4 is 0 Å². The Kier molecular flexibility index (Phi) is 3.55. The van der Waals surface area contributed by atoms with Crippen LogP contribution in [0.25, 0.3) is 6.08 Å². The molecule has 0 spiro atoms. The van der Waals surface area contributed by atoms with E-state index in [0.717, 1.165) is 0 Å². The molecular formula is C11H11Y-. The van der Waals surface area contributed by atoms with Crippen LogP contribution >= 0.6 is 0 Å². The Morgan fingerprint density at radius 3 is 2.75 bits per heavy atom. The SMILES string of the molecule is CC1[CH-]C=Cc2ccccc21.[Y]. The first-order chi connectivity index (χ1) is 5.38. The van der Waals surface area contributed by atoms with Crippen molar-refractivity contribution >= 4 is 6.08 Å². The number of hydrogen-bond acceptors (Lipinski definition) is 0. The smallest absolute Gasteiger partial charge is 0 e. The van der Waals surface area contributed by atoms with Crippen molar-refractivity contribution in [2.75, 3.05) is 0 Å². The minimum absolute atomic E-state index is 0. The van der Waals surface area contributed by atoms with Gasteiger partial charge in [-0.15, -0.1) is 5.56 Å². The van der Waals surface area contributed by atoms with Gasteiger partial charge in [0, 0.05) is 32.7 Å². The second-order valence-electron chi connectivity index (χ2n) is 2.97. The van der Waals surface area contributed by atoms with Gasteiger partial charge in [0.05, 0.1) is 0 Å². The third-order valence-corrected chi connectivity index (χ3v) is 2.16. The maximum Gasteiger partial charge on any atom is 0 e. The second-order valence-corrected chi connectivity index (χ2v) is 2.97. The molecule has 1 aliphatic carbocycles. The van der Waals surface area contributed by atoms with Crippen LogP contribution in [0.1, 0.15) is 24.0 Å². The Hall–Kier alpha value is -0.0661. The van der Waals surface area contributed by atoms with Crippen LogP contribution in [0.2, 0.25) is 0 Å². The number of allylic oxidation sites excluding steroid dienone is 1. The Labute approximate surface area is 98.9 Å². The molecule has 59 valence electrons. The molecule has 0 heterocycles. The van der Waals surface area contributed by atoms with Crippen LogP contribution in [0.15, 0.2) is 30.3 Å². The van der Waals surface area contributed by atoms with Gasteiger partial charge in [0.25, 0.3) is 0 Å². The number of benzene rings is 1. The predicted octanol–water partition coefficient (Wildman–Crippen LogP) is 3.02. The molecule has 0 N–H and O–H groups in total. The van der Waals surface area contributed by atoms with Crippen molar-refractivity contribution in [2.45, 2.75) is 12.8 Å². The molecule has 1 heteroatoms. The van der Waals surface area contributed by atoms with Crippen LogP contribution in [0.5, 0.6) is 0 Å². The Bertz CT molecular complexity index is 289. The van der Waals surface area contributed by atoms with Crippen LogP contribution in [0, 0.1) is 6.42 Å². The summed E-state index contributed by atoms with van der Waals surface area (Å²) in [6, 6.07) is 8.54. The first kappa shape index (κ1) is 10.0. The monoisotopic (exact) mass is 232 g/mol. The summed E-state index contributed by atoms with van der Waals surface area (Å²) >= 11 is 0. The van der Waals surface area contributed by atoms with E-state index in [-0.39, 0.29) is 32.7 Å². The average Bonchev–Trinajstić information content (AvgIpc) is 2.06. The van der Waals surface area contributed by atoms with Crippen molar-refractivity contribution in [2.24, 2.45) is 0 Å². The van der Waals surface area contributed by atoms with Crippen molar-refractivity contribution in [3.05, 3.63) is 47.9 Å². The quantitative estimate of drug-likeness (QED) is 0.603. The van der Waals surface area contributed by atoms with Crippen LogP contribution in [0.4, 0.5) is 0 Å². The van der Waals surface area contributed by atoms with Gasteiger partial charge in [0.1, 0.15) is 0 Å². The van der Waals surface area contributed by atoms with Crippen molar-refractivity contribution in [3.63, 3.8) is 0 Å². The van der Waals surface area contributed by atoms with Gasteiger partial charge < -0.3 is 0 Å².